The molecule has 17 heavy (non-hydrogen) atoms. The summed E-state index contributed by atoms with van der Waals surface area (Å²) in [5, 5.41) is 7.00. The average molecular weight is 234 g/mol. The van der Waals surface area contributed by atoms with E-state index < -0.39 is 0 Å². The average Bonchev–Trinajstić information content (AvgIpc) is 2.88. The quantitative estimate of drug-likeness (QED) is 0.738. The Hall–Kier alpha value is -1.06. The van der Waals surface area contributed by atoms with E-state index in [2.05, 4.69) is 22.8 Å². The zero-order valence-electron chi connectivity index (χ0n) is 10.5. The van der Waals surface area contributed by atoms with Gasteiger partial charge in [-0.25, -0.2) is 0 Å². The highest BCUT2D eigenvalue weighted by Crippen LogP contribution is 2.16. The number of hydrogen-bond acceptors (Lipinski definition) is 3. The molecule has 1 fully saturated rings. The zero-order chi connectivity index (χ0) is 11.9. The van der Waals surface area contributed by atoms with Crippen molar-refractivity contribution in [1.82, 2.24) is 10.6 Å². The molecule has 3 heteroatoms. The van der Waals surface area contributed by atoms with Crippen molar-refractivity contribution in [3.8, 4) is 5.75 Å². The fraction of sp³-hybridized carbons (Fsp3) is 0.571. The van der Waals surface area contributed by atoms with Gasteiger partial charge in [0.25, 0.3) is 0 Å². The molecule has 1 heterocycles. The van der Waals surface area contributed by atoms with E-state index in [4.69, 9.17) is 4.74 Å². The van der Waals surface area contributed by atoms with Crippen LogP contribution in [0.4, 0.5) is 0 Å². The monoisotopic (exact) mass is 234 g/mol. The van der Waals surface area contributed by atoms with Crippen molar-refractivity contribution in [2.75, 3.05) is 20.2 Å². The lowest BCUT2D eigenvalue weighted by Crippen LogP contribution is -2.26. The van der Waals surface area contributed by atoms with E-state index in [0.717, 1.165) is 24.9 Å². The Morgan fingerprint density at radius 2 is 2.29 bits per heavy atom. The van der Waals surface area contributed by atoms with Crippen molar-refractivity contribution in [3.05, 3.63) is 29.8 Å². The van der Waals surface area contributed by atoms with Crippen LogP contribution in [0.2, 0.25) is 0 Å². The third-order valence-corrected chi connectivity index (χ3v) is 3.34. The molecule has 1 atom stereocenters. The number of para-hydroxylation sites is 1. The first kappa shape index (κ1) is 12.4. The van der Waals surface area contributed by atoms with Crippen LogP contribution in [-0.4, -0.2) is 26.2 Å². The topological polar surface area (TPSA) is 33.3 Å². The molecule has 94 valence electrons. The number of ether oxygens (including phenoxy) is 1. The van der Waals surface area contributed by atoms with Crippen molar-refractivity contribution in [2.45, 2.75) is 31.8 Å². The van der Waals surface area contributed by atoms with Crippen LogP contribution in [0.5, 0.6) is 5.75 Å². The maximum Gasteiger partial charge on any atom is 0.123 e. The van der Waals surface area contributed by atoms with Gasteiger partial charge in [-0.2, -0.15) is 0 Å². The Morgan fingerprint density at radius 1 is 1.41 bits per heavy atom. The summed E-state index contributed by atoms with van der Waals surface area (Å²) in [6.07, 6.45) is 3.88. The second-order valence-electron chi connectivity index (χ2n) is 4.57. The van der Waals surface area contributed by atoms with Gasteiger partial charge in [-0.05, 0) is 38.4 Å². The zero-order valence-corrected chi connectivity index (χ0v) is 10.5. The minimum Gasteiger partial charge on any atom is -0.496 e. The Kier molecular flexibility index (Phi) is 4.83. The Bertz CT molecular complexity index is 335. The number of benzene rings is 1. The van der Waals surface area contributed by atoms with Crippen molar-refractivity contribution < 1.29 is 4.74 Å². The Labute approximate surface area is 104 Å². The van der Waals surface area contributed by atoms with E-state index in [1.807, 2.05) is 12.1 Å². The predicted octanol–water partition coefficient (Wildman–Crippen LogP) is 1.93. The summed E-state index contributed by atoms with van der Waals surface area (Å²) >= 11 is 0. The van der Waals surface area contributed by atoms with Gasteiger partial charge in [-0.1, -0.05) is 18.2 Å². The molecule has 0 spiro atoms. The SMILES string of the molecule is COc1ccccc1CNCCC1CCCN1. The summed E-state index contributed by atoms with van der Waals surface area (Å²) in [6, 6.07) is 8.90. The van der Waals surface area contributed by atoms with Crippen molar-refractivity contribution >= 4 is 0 Å². The van der Waals surface area contributed by atoms with E-state index in [-0.39, 0.29) is 0 Å². The van der Waals surface area contributed by atoms with Crippen LogP contribution < -0.4 is 15.4 Å². The standard InChI is InChI=1S/C14H22N2O/c1-17-14-7-3-2-5-12(14)11-15-10-8-13-6-4-9-16-13/h2-3,5,7,13,15-16H,4,6,8-11H2,1H3. The van der Waals surface area contributed by atoms with Gasteiger partial charge < -0.3 is 15.4 Å². The molecule has 2 N–H and O–H groups in total. The highest BCUT2D eigenvalue weighted by atomic mass is 16.5. The summed E-state index contributed by atoms with van der Waals surface area (Å²) < 4.78 is 5.32. The highest BCUT2D eigenvalue weighted by Gasteiger charge is 2.12. The van der Waals surface area contributed by atoms with E-state index in [1.165, 1.54) is 31.4 Å². The Morgan fingerprint density at radius 3 is 3.06 bits per heavy atom. The molecule has 1 aromatic rings. The highest BCUT2D eigenvalue weighted by molar-refractivity contribution is 5.32. The molecule has 1 saturated heterocycles. The summed E-state index contributed by atoms with van der Waals surface area (Å²) in [6.45, 7) is 3.14. The smallest absolute Gasteiger partial charge is 0.123 e. The maximum atomic E-state index is 5.32. The van der Waals surface area contributed by atoms with Gasteiger partial charge in [-0.3, -0.25) is 0 Å². The second kappa shape index (κ2) is 6.62. The number of methoxy groups -OCH3 is 1. The van der Waals surface area contributed by atoms with E-state index in [0.29, 0.717) is 0 Å². The molecule has 3 nitrogen and oxygen atoms in total. The largest absolute Gasteiger partial charge is 0.496 e. The second-order valence-corrected chi connectivity index (χ2v) is 4.57. The molecule has 1 aromatic carbocycles. The minimum atomic E-state index is 0.722. The number of rotatable bonds is 6. The first-order valence-electron chi connectivity index (χ1n) is 6.46. The third-order valence-electron chi connectivity index (χ3n) is 3.34. The van der Waals surface area contributed by atoms with Crippen LogP contribution in [0.15, 0.2) is 24.3 Å². The molecule has 0 amide bonds. The molecule has 0 aromatic heterocycles. The lowest BCUT2D eigenvalue weighted by molar-refractivity contribution is 0.407. The van der Waals surface area contributed by atoms with Crippen LogP contribution >= 0.6 is 0 Å². The van der Waals surface area contributed by atoms with Crippen molar-refractivity contribution in [1.29, 1.82) is 0 Å². The van der Waals surface area contributed by atoms with Gasteiger partial charge in [0.05, 0.1) is 7.11 Å². The first-order chi connectivity index (χ1) is 8.40. The van der Waals surface area contributed by atoms with Gasteiger partial charge in [0.15, 0.2) is 0 Å². The maximum absolute atomic E-state index is 5.32. The van der Waals surface area contributed by atoms with Gasteiger partial charge in [0.2, 0.25) is 0 Å². The Balaban J connectivity index is 1.70. The van der Waals surface area contributed by atoms with Gasteiger partial charge in [-0.15, -0.1) is 0 Å². The van der Waals surface area contributed by atoms with Crippen LogP contribution in [0, 0.1) is 0 Å². The van der Waals surface area contributed by atoms with E-state index in [1.54, 1.807) is 7.11 Å². The predicted molar refractivity (Wildman–Crippen MR) is 70.3 cm³/mol. The molecular weight excluding hydrogens is 212 g/mol. The summed E-state index contributed by atoms with van der Waals surface area (Å²) in [4.78, 5) is 0. The van der Waals surface area contributed by atoms with E-state index >= 15 is 0 Å². The molecule has 0 radical (unpaired) electrons. The molecular formula is C14H22N2O. The molecule has 2 rings (SSSR count). The number of hydrogen-bond donors (Lipinski definition) is 2. The fourth-order valence-electron chi connectivity index (χ4n) is 2.35. The summed E-state index contributed by atoms with van der Waals surface area (Å²) in [5.41, 5.74) is 1.23. The van der Waals surface area contributed by atoms with Crippen LogP contribution in [0.25, 0.3) is 0 Å². The summed E-state index contributed by atoms with van der Waals surface area (Å²) in [7, 11) is 1.72. The van der Waals surface area contributed by atoms with Crippen molar-refractivity contribution in [2.24, 2.45) is 0 Å². The fourth-order valence-corrected chi connectivity index (χ4v) is 2.35. The molecule has 1 unspecified atom stereocenters. The van der Waals surface area contributed by atoms with Crippen molar-refractivity contribution in [3.63, 3.8) is 0 Å². The lowest BCUT2D eigenvalue weighted by atomic mass is 10.1. The molecule has 1 aliphatic heterocycles. The molecule has 0 aliphatic carbocycles. The molecule has 0 saturated carbocycles. The first-order valence-corrected chi connectivity index (χ1v) is 6.46. The molecule has 1 aliphatic rings. The van der Waals surface area contributed by atoms with Gasteiger partial charge in [0, 0.05) is 18.2 Å². The minimum absolute atomic E-state index is 0.722. The number of nitrogens with one attached hydrogen (secondary N) is 2. The van der Waals surface area contributed by atoms with Gasteiger partial charge >= 0.3 is 0 Å². The third kappa shape index (κ3) is 3.72. The van der Waals surface area contributed by atoms with Gasteiger partial charge in [0.1, 0.15) is 5.75 Å². The molecule has 0 bridgehead atoms. The van der Waals surface area contributed by atoms with Crippen LogP contribution in [-0.2, 0) is 6.54 Å². The van der Waals surface area contributed by atoms with Crippen LogP contribution in [0.1, 0.15) is 24.8 Å². The van der Waals surface area contributed by atoms with E-state index in [9.17, 15) is 0 Å². The van der Waals surface area contributed by atoms with Crippen LogP contribution in [0.3, 0.4) is 0 Å². The normalized spacial score (nSPS) is 19.5. The summed E-state index contributed by atoms with van der Waals surface area (Å²) in [5.74, 6) is 0.971. The lowest BCUT2D eigenvalue weighted by Gasteiger charge is -2.12.